The van der Waals surface area contributed by atoms with Crippen molar-refractivity contribution in [2.24, 2.45) is 5.10 Å². The molecule has 11 heteroatoms. The van der Waals surface area contributed by atoms with Crippen LogP contribution in [0.15, 0.2) is 70.7 Å². The van der Waals surface area contributed by atoms with Gasteiger partial charge in [0.25, 0.3) is 15.9 Å². The molecule has 0 saturated carbocycles. The molecule has 3 aromatic rings. The van der Waals surface area contributed by atoms with Crippen LogP contribution in [0.3, 0.4) is 0 Å². The number of nitrogens with zero attached hydrogens (tertiary/aromatic N) is 2. The molecule has 0 heterocycles. The van der Waals surface area contributed by atoms with Gasteiger partial charge in [0.2, 0.25) is 0 Å². The molecule has 0 fully saturated rings. The van der Waals surface area contributed by atoms with Crippen LogP contribution in [0.5, 0.6) is 11.5 Å². The van der Waals surface area contributed by atoms with Gasteiger partial charge < -0.3 is 9.84 Å². The van der Waals surface area contributed by atoms with E-state index in [4.69, 9.17) is 27.9 Å². The van der Waals surface area contributed by atoms with Crippen molar-refractivity contribution < 1.29 is 23.1 Å². The van der Waals surface area contributed by atoms with Gasteiger partial charge in [-0.2, -0.15) is 5.10 Å². The smallest absolute Gasteiger partial charge is 0.264 e. The van der Waals surface area contributed by atoms with Gasteiger partial charge in [0.15, 0.2) is 11.5 Å². The Kier molecular flexibility index (Phi) is 8.61. The second-order valence-corrected chi connectivity index (χ2v) is 10.1. The van der Waals surface area contributed by atoms with Gasteiger partial charge in [0.05, 0.1) is 23.4 Å². The first kappa shape index (κ1) is 26.3. The Bertz CT molecular complexity index is 1330. The van der Waals surface area contributed by atoms with E-state index in [-0.39, 0.29) is 32.1 Å². The van der Waals surface area contributed by atoms with E-state index in [0.717, 1.165) is 9.87 Å². The number of halogens is 2. The lowest BCUT2D eigenvalue weighted by Gasteiger charge is -2.24. The quantitative estimate of drug-likeness (QED) is 0.303. The molecule has 35 heavy (non-hydrogen) atoms. The molecule has 0 aliphatic heterocycles. The zero-order valence-electron chi connectivity index (χ0n) is 18.9. The maximum atomic E-state index is 13.4. The molecule has 3 rings (SSSR count). The lowest BCUT2D eigenvalue weighted by molar-refractivity contribution is -0.119. The fourth-order valence-electron chi connectivity index (χ4n) is 3.06. The second-order valence-electron chi connectivity index (χ2n) is 7.41. The number of hydrogen-bond donors (Lipinski definition) is 2. The highest BCUT2D eigenvalue weighted by atomic mass is 35.5. The maximum absolute atomic E-state index is 13.4. The number of hydrogen-bond acceptors (Lipinski definition) is 6. The lowest BCUT2D eigenvalue weighted by Crippen LogP contribution is -2.39. The Hall–Kier alpha value is -3.27. The van der Waals surface area contributed by atoms with Gasteiger partial charge in [-0.25, -0.2) is 13.8 Å². The minimum Gasteiger partial charge on any atom is -0.504 e. The first-order valence-corrected chi connectivity index (χ1v) is 12.6. The summed E-state index contributed by atoms with van der Waals surface area (Å²) in [6, 6.07) is 15.1. The van der Waals surface area contributed by atoms with Crippen LogP contribution < -0.4 is 14.5 Å². The Morgan fingerprint density at radius 3 is 2.37 bits per heavy atom. The number of hydrazone groups is 1. The van der Waals surface area contributed by atoms with Crippen molar-refractivity contribution in [2.75, 3.05) is 17.5 Å². The van der Waals surface area contributed by atoms with Crippen molar-refractivity contribution in [2.45, 2.75) is 18.7 Å². The molecule has 8 nitrogen and oxygen atoms in total. The number of aryl methyl sites for hydroxylation is 1. The maximum Gasteiger partial charge on any atom is 0.264 e. The molecule has 0 spiro atoms. The average molecular weight is 536 g/mol. The Morgan fingerprint density at radius 1 is 1.09 bits per heavy atom. The van der Waals surface area contributed by atoms with Crippen molar-refractivity contribution in [3.8, 4) is 11.5 Å². The number of benzene rings is 3. The van der Waals surface area contributed by atoms with E-state index in [1.165, 1.54) is 42.6 Å². The van der Waals surface area contributed by atoms with Crippen molar-refractivity contribution in [3.63, 3.8) is 0 Å². The molecular formula is C24H23Cl2N3O5S. The number of aromatic hydroxyl groups is 1. The van der Waals surface area contributed by atoms with Gasteiger partial charge in [-0.05, 0) is 67.9 Å². The first-order chi connectivity index (χ1) is 16.6. The van der Waals surface area contributed by atoms with Crippen molar-refractivity contribution >= 4 is 51.0 Å². The number of phenols is 1. The molecule has 2 N–H and O–H groups in total. The number of ether oxygens (including phenoxy) is 1. The largest absolute Gasteiger partial charge is 0.504 e. The third-order valence-electron chi connectivity index (χ3n) is 4.72. The van der Waals surface area contributed by atoms with Crippen molar-refractivity contribution in [1.82, 2.24) is 5.43 Å². The van der Waals surface area contributed by atoms with Gasteiger partial charge in [-0.1, -0.05) is 40.9 Å². The van der Waals surface area contributed by atoms with Crippen LogP contribution in [0.1, 0.15) is 18.1 Å². The van der Waals surface area contributed by atoms with Crippen molar-refractivity contribution in [3.05, 3.63) is 81.8 Å². The Balaban J connectivity index is 1.85. The summed E-state index contributed by atoms with van der Waals surface area (Å²) >= 11 is 12.2. The summed E-state index contributed by atoms with van der Waals surface area (Å²) in [5, 5.41) is 14.1. The minimum absolute atomic E-state index is 0.00282. The minimum atomic E-state index is -4.13. The summed E-state index contributed by atoms with van der Waals surface area (Å²) in [6.07, 6.45) is 1.34. The number of phenolic OH excluding ortho intramolecular Hbond substituents is 1. The van der Waals surface area contributed by atoms with Gasteiger partial charge in [0.1, 0.15) is 6.54 Å². The standard InChI is InChI=1S/C24H23Cl2N3O5S/c1-3-34-23-10-17(6-9-22(23)30)14-27-28-24(31)15-29(20-12-18(25)11-19(26)13-20)35(32,33)21-7-4-16(2)5-8-21/h4-14,30H,3,15H2,1-2H3,(H,28,31)/b27-14-. The van der Waals surface area contributed by atoms with Crippen LogP contribution >= 0.6 is 23.2 Å². The first-order valence-electron chi connectivity index (χ1n) is 10.4. The number of amides is 1. The lowest BCUT2D eigenvalue weighted by atomic mass is 10.2. The molecule has 0 aliphatic carbocycles. The summed E-state index contributed by atoms with van der Waals surface area (Å²) in [7, 11) is -4.13. The molecule has 0 bridgehead atoms. The second kappa shape index (κ2) is 11.4. The number of rotatable bonds is 9. The average Bonchev–Trinajstić information content (AvgIpc) is 2.79. The van der Waals surface area contributed by atoms with E-state index in [2.05, 4.69) is 10.5 Å². The number of carbonyl (C=O) groups is 1. The van der Waals surface area contributed by atoms with Crippen LogP contribution in [0, 0.1) is 6.92 Å². The predicted octanol–water partition coefficient (Wildman–Crippen LogP) is 4.75. The fraction of sp³-hybridized carbons (Fsp3) is 0.167. The molecule has 1 amide bonds. The molecule has 0 radical (unpaired) electrons. The number of carbonyl (C=O) groups excluding carboxylic acids is 1. The molecule has 3 aromatic carbocycles. The van der Waals surface area contributed by atoms with E-state index in [9.17, 15) is 18.3 Å². The van der Waals surface area contributed by atoms with Gasteiger partial charge >= 0.3 is 0 Å². The molecule has 184 valence electrons. The van der Waals surface area contributed by atoms with Crippen molar-refractivity contribution in [1.29, 1.82) is 0 Å². The zero-order valence-corrected chi connectivity index (χ0v) is 21.2. The van der Waals surface area contributed by atoms with E-state index < -0.39 is 22.5 Å². The van der Waals surface area contributed by atoms with Gasteiger partial charge in [-0.3, -0.25) is 9.10 Å². The van der Waals surface area contributed by atoms with Gasteiger partial charge in [-0.15, -0.1) is 0 Å². The van der Waals surface area contributed by atoms with Crippen LogP contribution in [0.4, 0.5) is 5.69 Å². The summed E-state index contributed by atoms with van der Waals surface area (Å²) in [4.78, 5) is 12.7. The molecule has 0 unspecified atom stereocenters. The summed E-state index contributed by atoms with van der Waals surface area (Å²) in [6.45, 7) is 3.40. The van der Waals surface area contributed by atoms with E-state index in [1.807, 2.05) is 6.92 Å². The topological polar surface area (TPSA) is 108 Å². The van der Waals surface area contributed by atoms with Crippen LogP contribution in [0.2, 0.25) is 10.0 Å². The van der Waals surface area contributed by atoms with Crippen LogP contribution in [-0.2, 0) is 14.8 Å². The Labute approximate surface area is 213 Å². The van der Waals surface area contributed by atoms with Crippen LogP contribution in [0.25, 0.3) is 0 Å². The molecule has 0 atom stereocenters. The molecular weight excluding hydrogens is 513 g/mol. The highest BCUT2D eigenvalue weighted by Gasteiger charge is 2.27. The SMILES string of the molecule is CCOc1cc(/C=N\NC(=O)CN(c2cc(Cl)cc(Cl)c2)S(=O)(=O)c2ccc(C)cc2)ccc1O. The summed E-state index contributed by atoms with van der Waals surface area (Å²) < 4.78 is 33.1. The fourth-order valence-corrected chi connectivity index (χ4v) is 4.98. The highest BCUT2D eigenvalue weighted by molar-refractivity contribution is 7.92. The Morgan fingerprint density at radius 2 is 1.74 bits per heavy atom. The third kappa shape index (κ3) is 6.88. The highest BCUT2D eigenvalue weighted by Crippen LogP contribution is 2.30. The molecule has 0 aliphatic rings. The zero-order chi connectivity index (χ0) is 25.6. The number of anilines is 1. The normalized spacial score (nSPS) is 11.4. The van der Waals surface area contributed by atoms with E-state index in [1.54, 1.807) is 31.2 Å². The third-order valence-corrected chi connectivity index (χ3v) is 6.94. The summed E-state index contributed by atoms with van der Waals surface area (Å²) in [5.41, 5.74) is 3.88. The number of nitrogens with one attached hydrogen (secondary N) is 1. The van der Waals surface area contributed by atoms with E-state index in [0.29, 0.717) is 12.2 Å². The monoisotopic (exact) mass is 535 g/mol. The molecule has 0 saturated heterocycles. The van der Waals surface area contributed by atoms with Gasteiger partial charge in [0, 0.05) is 10.0 Å². The molecule has 0 aromatic heterocycles. The predicted molar refractivity (Wildman–Crippen MR) is 137 cm³/mol. The van der Waals surface area contributed by atoms with Crippen LogP contribution in [-0.4, -0.2) is 38.8 Å². The van der Waals surface area contributed by atoms with E-state index >= 15 is 0 Å². The summed E-state index contributed by atoms with van der Waals surface area (Å²) in [5.74, 6) is -0.446. The number of sulfonamides is 1.